The largest absolute Gasteiger partial charge is 0.373 e. The molecular weight excluding hydrogens is 458 g/mol. The Morgan fingerprint density at radius 1 is 0.784 bits per heavy atom. The molecule has 37 heavy (non-hydrogen) atoms. The van der Waals surface area contributed by atoms with Gasteiger partial charge in [0, 0.05) is 31.6 Å². The second-order valence-corrected chi connectivity index (χ2v) is 8.96. The first-order valence-corrected chi connectivity index (χ1v) is 12.4. The van der Waals surface area contributed by atoms with Gasteiger partial charge in [-0.1, -0.05) is 60.7 Å². The number of nitrogens with one attached hydrogen (secondary N) is 1. The van der Waals surface area contributed by atoms with Gasteiger partial charge in [-0.05, 0) is 59.0 Å². The van der Waals surface area contributed by atoms with Crippen molar-refractivity contribution in [3.8, 4) is 11.1 Å². The minimum atomic E-state index is 0.112. The first-order valence-electron chi connectivity index (χ1n) is 12.4. The van der Waals surface area contributed by atoms with Crippen LogP contribution in [0.5, 0.6) is 0 Å². The van der Waals surface area contributed by atoms with Crippen molar-refractivity contribution < 1.29 is 4.79 Å². The smallest absolute Gasteiger partial charge is 0.223 e. The summed E-state index contributed by atoms with van der Waals surface area (Å²) in [6, 6.07) is 30.5. The fourth-order valence-electron chi connectivity index (χ4n) is 4.48. The highest BCUT2D eigenvalue weighted by Crippen LogP contribution is 2.28. The Morgan fingerprint density at radius 3 is 2.41 bits per heavy atom. The van der Waals surface area contributed by atoms with E-state index in [1.807, 2.05) is 60.5 Å². The van der Waals surface area contributed by atoms with Crippen molar-refractivity contribution in [2.45, 2.75) is 25.9 Å². The van der Waals surface area contributed by atoms with Gasteiger partial charge in [0.1, 0.15) is 12.1 Å². The number of anilines is 1. The number of aromatic nitrogens is 3. The number of pyridine rings is 1. The van der Waals surface area contributed by atoms with Crippen LogP contribution >= 0.6 is 0 Å². The molecule has 3 aromatic carbocycles. The zero-order chi connectivity index (χ0) is 25.5. The summed E-state index contributed by atoms with van der Waals surface area (Å²) in [5.74, 6) is 0.912. The average molecular weight is 488 g/mol. The third-order valence-corrected chi connectivity index (χ3v) is 6.41. The minimum absolute atomic E-state index is 0.112. The van der Waals surface area contributed by atoms with Gasteiger partial charge in [0.2, 0.25) is 5.91 Å². The van der Waals surface area contributed by atoms with Gasteiger partial charge in [-0.2, -0.15) is 0 Å². The molecule has 0 saturated heterocycles. The molecule has 5 aromatic rings. The van der Waals surface area contributed by atoms with Crippen molar-refractivity contribution in [1.82, 2.24) is 19.9 Å². The molecule has 6 nitrogen and oxygen atoms in total. The molecule has 0 bridgehead atoms. The maximum absolute atomic E-state index is 13.4. The van der Waals surface area contributed by atoms with E-state index in [9.17, 15) is 4.79 Å². The van der Waals surface area contributed by atoms with E-state index >= 15 is 0 Å². The lowest BCUT2D eigenvalue weighted by atomic mass is 10.0. The SMILES string of the molecule is CNc1ncnc2ccc(-c3cccc(CN(Cc4ccccn4)C(=O)CCc4ccccc4)c3)cc12. The number of carbonyl (C=O) groups excluding carboxylic acids is 1. The molecule has 0 radical (unpaired) electrons. The molecule has 5 rings (SSSR count). The molecule has 0 atom stereocenters. The van der Waals surface area contributed by atoms with Crippen molar-refractivity contribution in [3.63, 3.8) is 0 Å². The van der Waals surface area contributed by atoms with Crippen LogP contribution in [0.1, 0.15) is 23.2 Å². The Hall–Kier alpha value is -4.58. The van der Waals surface area contributed by atoms with E-state index in [0.717, 1.165) is 44.7 Å². The summed E-state index contributed by atoms with van der Waals surface area (Å²) in [4.78, 5) is 28.5. The molecule has 1 N–H and O–H groups in total. The predicted molar refractivity (Wildman–Crippen MR) is 148 cm³/mol. The minimum Gasteiger partial charge on any atom is -0.373 e. The lowest BCUT2D eigenvalue weighted by Gasteiger charge is -2.23. The van der Waals surface area contributed by atoms with Gasteiger partial charge in [-0.25, -0.2) is 9.97 Å². The van der Waals surface area contributed by atoms with Gasteiger partial charge in [0.05, 0.1) is 17.8 Å². The number of fused-ring (bicyclic) bond motifs is 1. The molecule has 0 saturated carbocycles. The van der Waals surface area contributed by atoms with Gasteiger partial charge in [-0.3, -0.25) is 9.78 Å². The molecular formula is C31H29N5O. The topological polar surface area (TPSA) is 71.0 Å². The summed E-state index contributed by atoms with van der Waals surface area (Å²) in [7, 11) is 1.86. The van der Waals surface area contributed by atoms with Crippen LogP contribution in [-0.4, -0.2) is 32.8 Å². The fraction of sp³-hybridized carbons (Fsp3) is 0.161. The lowest BCUT2D eigenvalue weighted by Crippen LogP contribution is -2.30. The molecule has 0 aliphatic rings. The quantitative estimate of drug-likeness (QED) is 0.280. The third-order valence-electron chi connectivity index (χ3n) is 6.41. The van der Waals surface area contributed by atoms with E-state index in [-0.39, 0.29) is 5.91 Å². The highest BCUT2D eigenvalue weighted by atomic mass is 16.2. The number of hydrogen-bond acceptors (Lipinski definition) is 5. The maximum atomic E-state index is 13.4. The highest BCUT2D eigenvalue weighted by molar-refractivity contribution is 5.92. The molecule has 0 unspecified atom stereocenters. The molecule has 2 heterocycles. The van der Waals surface area contributed by atoms with E-state index in [1.165, 1.54) is 0 Å². The molecule has 184 valence electrons. The van der Waals surface area contributed by atoms with Gasteiger partial charge < -0.3 is 10.2 Å². The number of hydrogen-bond donors (Lipinski definition) is 1. The third kappa shape index (κ3) is 5.98. The number of carbonyl (C=O) groups is 1. The number of rotatable bonds is 9. The lowest BCUT2D eigenvalue weighted by molar-refractivity contribution is -0.132. The predicted octanol–water partition coefficient (Wildman–Crippen LogP) is 5.90. The van der Waals surface area contributed by atoms with Crippen LogP contribution in [0.15, 0.2) is 104 Å². The van der Waals surface area contributed by atoms with E-state index in [4.69, 9.17) is 0 Å². The van der Waals surface area contributed by atoms with Gasteiger partial charge >= 0.3 is 0 Å². The van der Waals surface area contributed by atoms with Crippen LogP contribution in [0.25, 0.3) is 22.0 Å². The Morgan fingerprint density at radius 2 is 1.59 bits per heavy atom. The van der Waals surface area contributed by atoms with Gasteiger partial charge in [-0.15, -0.1) is 0 Å². The van der Waals surface area contributed by atoms with Crippen LogP contribution in [0.3, 0.4) is 0 Å². The monoisotopic (exact) mass is 487 g/mol. The van der Waals surface area contributed by atoms with Crippen LogP contribution in [0, 0.1) is 0 Å². The number of nitrogens with zero attached hydrogens (tertiary/aromatic N) is 4. The summed E-state index contributed by atoms with van der Waals surface area (Å²) in [6.45, 7) is 0.980. The maximum Gasteiger partial charge on any atom is 0.223 e. The summed E-state index contributed by atoms with van der Waals surface area (Å²) in [6.07, 6.45) is 4.50. The van der Waals surface area contributed by atoms with Crippen molar-refractivity contribution in [2.24, 2.45) is 0 Å². The summed E-state index contributed by atoms with van der Waals surface area (Å²) in [5, 5.41) is 4.12. The van der Waals surface area contributed by atoms with E-state index in [2.05, 4.69) is 62.7 Å². The molecule has 1 amide bonds. The van der Waals surface area contributed by atoms with Crippen LogP contribution in [0.2, 0.25) is 0 Å². The van der Waals surface area contributed by atoms with E-state index in [0.29, 0.717) is 25.9 Å². The second kappa shape index (κ2) is 11.4. The van der Waals surface area contributed by atoms with Crippen LogP contribution in [-0.2, 0) is 24.3 Å². The average Bonchev–Trinajstić information content (AvgIpc) is 2.96. The molecule has 2 aromatic heterocycles. The molecule has 0 fully saturated rings. The first-order chi connectivity index (χ1) is 18.2. The number of aryl methyl sites for hydroxylation is 1. The molecule has 0 spiro atoms. The van der Waals surface area contributed by atoms with Crippen molar-refractivity contribution >= 4 is 22.6 Å². The highest BCUT2D eigenvalue weighted by Gasteiger charge is 2.16. The molecule has 0 aliphatic carbocycles. The zero-order valence-corrected chi connectivity index (χ0v) is 20.8. The van der Waals surface area contributed by atoms with Gasteiger partial charge in [0.15, 0.2) is 0 Å². The first kappa shape index (κ1) is 24.1. The molecule has 6 heteroatoms. The molecule has 0 aliphatic heterocycles. The van der Waals surface area contributed by atoms with E-state index < -0.39 is 0 Å². The second-order valence-electron chi connectivity index (χ2n) is 8.96. The Bertz CT molecular complexity index is 1490. The zero-order valence-electron chi connectivity index (χ0n) is 20.8. The van der Waals surface area contributed by atoms with Gasteiger partial charge in [0.25, 0.3) is 0 Å². The van der Waals surface area contributed by atoms with Crippen LogP contribution < -0.4 is 5.32 Å². The Balaban J connectivity index is 1.39. The fourth-order valence-corrected chi connectivity index (χ4v) is 4.48. The normalized spacial score (nSPS) is 10.8. The summed E-state index contributed by atoms with van der Waals surface area (Å²) >= 11 is 0. The van der Waals surface area contributed by atoms with Crippen molar-refractivity contribution in [1.29, 1.82) is 0 Å². The number of benzene rings is 3. The van der Waals surface area contributed by atoms with E-state index in [1.54, 1.807) is 12.5 Å². The van der Waals surface area contributed by atoms with Crippen molar-refractivity contribution in [3.05, 3.63) is 120 Å². The Kier molecular flexibility index (Phi) is 7.46. The van der Waals surface area contributed by atoms with Crippen LogP contribution in [0.4, 0.5) is 5.82 Å². The number of amides is 1. The summed E-state index contributed by atoms with van der Waals surface area (Å²) < 4.78 is 0. The van der Waals surface area contributed by atoms with Crippen molar-refractivity contribution in [2.75, 3.05) is 12.4 Å². The Labute approximate surface area is 217 Å². The summed E-state index contributed by atoms with van der Waals surface area (Å²) in [5.41, 5.74) is 6.16. The standard InChI is InChI=1S/C31H29N5O/c1-32-31-28-19-26(14-15-29(28)34-22-35-31)25-11-7-10-24(18-25)20-36(21-27-12-5-6-17-33-27)30(37)16-13-23-8-3-2-4-9-23/h2-12,14-15,17-19,22H,13,16,20-21H2,1H3,(H,32,34,35).